The van der Waals surface area contributed by atoms with E-state index in [0.29, 0.717) is 19.1 Å². The number of rotatable bonds is 7. The average molecular weight is 396 g/mol. The molecule has 1 unspecified atom stereocenters. The summed E-state index contributed by atoms with van der Waals surface area (Å²) in [4.78, 5) is 17.8. The molecule has 23 heavy (non-hydrogen) atoms. The van der Waals surface area contributed by atoms with E-state index in [1.54, 1.807) is 11.8 Å². The first-order chi connectivity index (χ1) is 11.0. The molecule has 0 aliphatic carbocycles. The molecule has 0 saturated carbocycles. The summed E-state index contributed by atoms with van der Waals surface area (Å²) in [6.07, 6.45) is 0.971. The second-order valence-corrected chi connectivity index (χ2v) is 7.25. The lowest BCUT2D eigenvalue weighted by Gasteiger charge is -2.15. The third-order valence-corrected chi connectivity index (χ3v) is 4.99. The fraction of sp³-hybridized carbons (Fsp3) is 0.412. The van der Waals surface area contributed by atoms with Crippen molar-refractivity contribution in [2.75, 3.05) is 11.4 Å². The fourth-order valence-electron chi connectivity index (χ4n) is 2.32. The average Bonchev–Trinajstić information content (AvgIpc) is 2.96. The minimum absolute atomic E-state index is 0.0324. The van der Waals surface area contributed by atoms with Crippen LogP contribution >= 0.6 is 27.3 Å². The molecule has 1 aromatic carbocycles. The maximum absolute atomic E-state index is 11.6. The second-order valence-electron chi connectivity index (χ2n) is 5.50. The number of benzene rings is 1. The van der Waals surface area contributed by atoms with E-state index in [1.165, 1.54) is 16.9 Å². The molecule has 1 N–H and O–H groups in total. The van der Waals surface area contributed by atoms with Crippen molar-refractivity contribution >= 4 is 38.3 Å². The van der Waals surface area contributed by atoms with Gasteiger partial charge in [0.2, 0.25) is 5.91 Å². The smallest absolute Gasteiger partial charge is 0.225 e. The number of carbonyl (C=O) groups is 1. The summed E-state index contributed by atoms with van der Waals surface area (Å²) in [5, 5.41) is 6.28. The highest BCUT2D eigenvalue weighted by molar-refractivity contribution is 9.10. The van der Waals surface area contributed by atoms with Crippen LogP contribution in [0.3, 0.4) is 0 Å². The van der Waals surface area contributed by atoms with E-state index >= 15 is 0 Å². The third-order valence-electron chi connectivity index (χ3n) is 3.55. The van der Waals surface area contributed by atoms with Crippen LogP contribution in [0.5, 0.6) is 0 Å². The van der Waals surface area contributed by atoms with Gasteiger partial charge in [-0.2, -0.15) is 0 Å². The number of nitrogens with zero attached hydrogens (tertiary/aromatic N) is 2. The van der Waals surface area contributed by atoms with Crippen molar-refractivity contribution in [2.24, 2.45) is 0 Å². The Morgan fingerprint density at radius 1 is 1.39 bits per heavy atom. The largest absolute Gasteiger partial charge is 0.308 e. The van der Waals surface area contributed by atoms with E-state index in [9.17, 15) is 4.79 Å². The van der Waals surface area contributed by atoms with Gasteiger partial charge in [-0.05, 0) is 38.0 Å². The minimum atomic E-state index is 0.0324. The normalized spacial score (nSPS) is 12.2. The van der Waals surface area contributed by atoms with Crippen LogP contribution < -0.4 is 10.2 Å². The molecule has 2 rings (SSSR count). The highest BCUT2D eigenvalue weighted by atomic mass is 79.9. The van der Waals surface area contributed by atoms with E-state index in [2.05, 4.69) is 57.4 Å². The van der Waals surface area contributed by atoms with Crippen LogP contribution in [0.15, 0.2) is 34.1 Å². The van der Waals surface area contributed by atoms with Crippen LogP contribution in [-0.2, 0) is 17.8 Å². The zero-order valence-electron chi connectivity index (χ0n) is 13.7. The van der Waals surface area contributed by atoms with Gasteiger partial charge in [-0.3, -0.25) is 9.69 Å². The zero-order chi connectivity index (χ0) is 16.8. The van der Waals surface area contributed by atoms with Crippen LogP contribution in [0.2, 0.25) is 0 Å². The lowest BCUT2D eigenvalue weighted by atomic mass is 10.1. The van der Waals surface area contributed by atoms with Gasteiger partial charge in [-0.25, -0.2) is 4.98 Å². The van der Waals surface area contributed by atoms with Crippen LogP contribution in [-0.4, -0.2) is 23.5 Å². The maximum Gasteiger partial charge on any atom is 0.225 e. The van der Waals surface area contributed by atoms with Gasteiger partial charge in [0.1, 0.15) is 0 Å². The molecule has 1 atom stereocenters. The Kier molecular flexibility index (Phi) is 6.74. The van der Waals surface area contributed by atoms with Gasteiger partial charge >= 0.3 is 0 Å². The molecular formula is C17H22BrN3OS. The van der Waals surface area contributed by atoms with Gasteiger partial charge in [0.25, 0.3) is 0 Å². The van der Waals surface area contributed by atoms with E-state index in [-0.39, 0.29) is 5.91 Å². The summed E-state index contributed by atoms with van der Waals surface area (Å²) < 4.78 is 1.10. The van der Waals surface area contributed by atoms with Crippen LogP contribution in [0, 0.1) is 0 Å². The number of hydrogen-bond acceptors (Lipinski definition) is 4. The molecule has 124 valence electrons. The Morgan fingerprint density at radius 3 is 2.70 bits per heavy atom. The van der Waals surface area contributed by atoms with E-state index in [0.717, 1.165) is 21.7 Å². The number of amides is 1. The van der Waals surface area contributed by atoms with Gasteiger partial charge in [-0.15, -0.1) is 11.3 Å². The van der Waals surface area contributed by atoms with Crippen molar-refractivity contribution in [2.45, 2.75) is 39.8 Å². The molecule has 4 nitrogen and oxygen atoms in total. The van der Waals surface area contributed by atoms with Gasteiger partial charge in [-0.1, -0.05) is 28.1 Å². The molecule has 0 aliphatic rings. The SMILES string of the molecule is CCN(C(C)=O)c1nc(CNC(C)Cc2ccc(Br)cc2)cs1. The first kappa shape index (κ1) is 18.1. The lowest BCUT2D eigenvalue weighted by Crippen LogP contribution is -2.29. The summed E-state index contributed by atoms with van der Waals surface area (Å²) in [5.74, 6) is 0.0324. The molecule has 2 aromatic rings. The van der Waals surface area contributed by atoms with Crippen LogP contribution in [0.4, 0.5) is 5.13 Å². The second kappa shape index (κ2) is 8.57. The molecule has 6 heteroatoms. The fourth-order valence-corrected chi connectivity index (χ4v) is 3.52. The zero-order valence-corrected chi connectivity index (χ0v) is 16.1. The highest BCUT2D eigenvalue weighted by Gasteiger charge is 2.13. The molecule has 0 fully saturated rings. The molecule has 1 aromatic heterocycles. The van der Waals surface area contributed by atoms with Crippen molar-refractivity contribution < 1.29 is 4.79 Å². The lowest BCUT2D eigenvalue weighted by molar-refractivity contribution is -0.116. The van der Waals surface area contributed by atoms with Crippen LogP contribution in [0.25, 0.3) is 0 Å². The number of thiazole rings is 1. The number of aromatic nitrogens is 1. The van der Waals surface area contributed by atoms with Crippen LogP contribution in [0.1, 0.15) is 32.0 Å². The van der Waals surface area contributed by atoms with Crippen molar-refractivity contribution in [3.05, 3.63) is 45.4 Å². The molecular weight excluding hydrogens is 374 g/mol. The quantitative estimate of drug-likeness (QED) is 0.770. The third kappa shape index (κ3) is 5.41. The predicted octanol–water partition coefficient (Wildman–Crippen LogP) is 4.00. The first-order valence-corrected chi connectivity index (χ1v) is 9.37. The molecule has 0 spiro atoms. The number of nitrogens with one attached hydrogen (secondary N) is 1. The number of halogens is 1. The summed E-state index contributed by atoms with van der Waals surface area (Å²) in [6, 6.07) is 8.76. The van der Waals surface area contributed by atoms with Gasteiger partial charge < -0.3 is 5.32 Å². The Morgan fingerprint density at radius 2 is 2.09 bits per heavy atom. The molecule has 0 saturated heterocycles. The minimum Gasteiger partial charge on any atom is -0.308 e. The van der Waals surface area contributed by atoms with Gasteiger partial charge in [0.05, 0.1) is 5.69 Å². The van der Waals surface area contributed by atoms with E-state index in [1.807, 2.05) is 12.3 Å². The molecule has 1 heterocycles. The van der Waals surface area contributed by atoms with Crippen molar-refractivity contribution in [1.82, 2.24) is 10.3 Å². The molecule has 0 bridgehead atoms. The van der Waals surface area contributed by atoms with Crippen molar-refractivity contribution in [1.29, 1.82) is 0 Å². The van der Waals surface area contributed by atoms with Crippen molar-refractivity contribution in [3.63, 3.8) is 0 Å². The molecule has 0 radical (unpaired) electrons. The maximum atomic E-state index is 11.6. The van der Waals surface area contributed by atoms with Gasteiger partial charge in [0.15, 0.2) is 5.13 Å². The van der Waals surface area contributed by atoms with Crippen molar-refractivity contribution in [3.8, 4) is 0 Å². The number of hydrogen-bond donors (Lipinski definition) is 1. The summed E-state index contributed by atoms with van der Waals surface area (Å²) in [7, 11) is 0. The van der Waals surface area contributed by atoms with E-state index < -0.39 is 0 Å². The topological polar surface area (TPSA) is 45.2 Å². The monoisotopic (exact) mass is 395 g/mol. The summed E-state index contributed by atoms with van der Waals surface area (Å²) in [5.41, 5.74) is 2.29. The van der Waals surface area contributed by atoms with Gasteiger partial charge in [0, 0.05) is 35.9 Å². The Hall–Kier alpha value is -1.24. The standard InChI is InChI=1S/C17H22BrN3OS/c1-4-21(13(3)22)17-20-16(11-23-17)10-19-12(2)9-14-5-7-15(18)8-6-14/h5-8,11-12,19H,4,9-10H2,1-3H3. The number of anilines is 1. The van der Waals surface area contributed by atoms with E-state index in [4.69, 9.17) is 0 Å². The number of carbonyl (C=O) groups excluding carboxylic acids is 1. The summed E-state index contributed by atoms with van der Waals surface area (Å²) >= 11 is 4.97. The Labute approximate surface area is 150 Å². The highest BCUT2D eigenvalue weighted by Crippen LogP contribution is 2.20. The Balaban J connectivity index is 1.87. The Bertz CT molecular complexity index is 642. The molecule has 1 amide bonds. The first-order valence-electron chi connectivity index (χ1n) is 7.70. The molecule has 0 aliphatic heterocycles. The summed E-state index contributed by atoms with van der Waals surface area (Å²) in [6.45, 7) is 7.06. The predicted molar refractivity (Wildman–Crippen MR) is 100.0 cm³/mol.